The Morgan fingerprint density at radius 3 is 2.55 bits per heavy atom. The lowest BCUT2D eigenvalue weighted by atomic mass is 10.1. The Morgan fingerprint density at radius 2 is 1.93 bits per heavy atom. The molecule has 0 bridgehead atoms. The van der Waals surface area contributed by atoms with E-state index in [1.807, 2.05) is 37.3 Å². The summed E-state index contributed by atoms with van der Waals surface area (Å²) in [4.78, 5) is 27.5. The number of hydrogen-bond donors (Lipinski definition) is 1. The van der Waals surface area contributed by atoms with Crippen LogP contribution in [0.15, 0.2) is 59.5 Å². The molecule has 6 heteroatoms. The zero-order chi connectivity index (χ0) is 21.1. The molecule has 1 amide bonds. The number of amides is 1. The molecule has 0 aliphatic heterocycles. The van der Waals surface area contributed by atoms with Crippen molar-refractivity contribution in [2.24, 2.45) is 0 Å². The first-order valence-corrected chi connectivity index (χ1v) is 9.99. The predicted molar refractivity (Wildman–Crippen MR) is 111 cm³/mol. The Balaban J connectivity index is 2.06. The topological polar surface area (TPSA) is 64.2 Å². The van der Waals surface area contributed by atoms with Crippen LogP contribution in [0.2, 0.25) is 0 Å². The third-order valence-electron chi connectivity index (χ3n) is 4.54. The summed E-state index contributed by atoms with van der Waals surface area (Å²) in [6, 6.07) is 13.9. The lowest BCUT2D eigenvalue weighted by Crippen LogP contribution is -3.14. The molecule has 1 unspecified atom stereocenters. The van der Waals surface area contributed by atoms with Gasteiger partial charge >= 0.3 is 5.97 Å². The van der Waals surface area contributed by atoms with Gasteiger partial charge < -0.3 is 19.0 Å². The average Bonchev–Trinajstić information content (AvgIpc) is 3.11. The summed E-state index contributed by atoms with van der Waals surface area (Å²) in [5.41, 5.74) is 1.17. The highest BCUT2D eigenvalue weighted by molar-refractivity contribution is 5.77. The van der Waals surface area contributed by atoms with E-state index in [0.29, 0.717) is 26.2 Å². The van der Waals surface area contributed by atoms with Gasteiger partial charge in [-0.3, -0.25) is 4.79 Å². The highest BCUT2D eigenvalue weighted by Gasteiger charge is 2.23. The van der Waals surface area contributed by atoms with Gasteiger partial charge in [0.1, 0.15) is 11.5 Å². The molecule has 1 atom stereocenters. The number of benzene rings is 1. The Bertz CT molecular complexity index is 785. The van der Waals surface area contributed by atoms with Gasteiger partial charge in [-0.15, -0.1) is 0 Å². The Labute approximate surface area is 172 Å². The number of quaternary nitrogens is 1. The minimum absolute atomic E-state index is 0.0314. The Kier molecular flexibility index (Phi) is 9.18. The van der Waals surface area contributed by atoms with E-state index in [1.165, 1.54) is 5.56 Å². The fourth-order valence-electron chi connectivity index (χ4n) is 3.11. The van der Waals surface area contributed by atoms with Crippen LogP contribution in [-0.2, 0) is 27.3 Å². The van der Waals surface area contributed by atoms with Crippen molar-refractivity contribution in [2.45, 2.75) is 26.8 Å². The van der Waals surface area contributed by atoms with Gasteiger partial charge in [-0.2, -0.15) is 0 Å². The highest BCUT2D eigenvalue weighted by atomic mass is 16.5. The number of furan rings is 1. The number of ether oxygens (including phenoxy) is 1. The van der Waals surface area contributed by atoms with Crippen molar-refractivity contribution in [3.8, 4) is 0 Å². The first kappa shape index (κ1) is 22.4. The van der Waals surface area contributed by atoms with Crippen molar-refractivity contribution in [3.63, 3.8) is 0 Å². The number of carbonyl (C=O) groups is 2. The Hall–Kier alpha value is -2.86. The van der Waals surface area contributed by atoms with E-state index in [0.717, 1.165) is 22.8 Å². The minimum atomic E-state index is -0.311. The van der Waals surface area contributed by atoms with Crippen LogP contribution in [0.25, 0.3) is 0 Å². The second kappa shape index (κ2) is 11.9. The maximum atomic E-state index is 13.1. The fourth-order valence-corrected chi connectivity index (χ4v) is 3.11. The maximum absolute atomic E-state index is 13.1. The van der Waals surface area contributed by atoms with Crippen molar-refractivity contribution in [1.82, 2.24) is 4.90 Å². The van der Waals surface area contributed by atoms with E-state index >= 15 is 0 Å². The third kappa shape index (κ3) is 7.95. The first-order valence-electron chi connectivity index (χ1n) is 9.99. The molecular weight excluding hydrogens is 368 g/mol. The van der Waals surface area contributed by atoms with Crippen molar-refractivity contribution < 1.29 is 23.6 Å². The van der Waals surface area contributed by atoms with Crippen molar-refractivity contribution >= 4 is 11.9 Å². The largest absolute Gasteiger partial charge is 0.464 e. The number of carbonyl (C=O) groups excluding carboxylic acids is 2. The summed E-state index contributed by atoms with van der Waals surface area (Å²) < 4.78 is 10.7. The standard InChI is InChI=1S/C23H30N2O4/c1-4-14-24(18-23(27)28-5-2)17-22(26)25(16-21-12-11-19(3)29-21)15-13-20-9-7-6-8-10-20/h4,6-12H,1,5,13-18H2,2-3H3/p+1. The monoisotopic (exact) mass is 399 g/mol. The summed E-state index contributed by atoms with van der Waals surface area (Å²) in [7, 11) is 0. The zero-order valence-electron chi connectivity index (χ0n) is 17.4. The second-order valence-corrected chi connectivity index (χ2v) is 6.96. The molecule has 2 rings (SSSR count). The molecular formula is C23H31N2O4+. The molecule has 0 fully saturated rings. The number of rotatable bonds is 12. The van der Waals surface area contributed by atoms with Crippen molar-refractivity contribution in [3.05, 3.63) is 72.2 Å². The maximum Gasteiger partial charge on any atom is 0.361 e. The molecule has 0 spiro atoms. The smallest absolute Gasteiger partial charge is 0.361 e. The normalized spacial score (nSPS) is 11.7. The molecule has 1 heterocycles. The van der Waals surface area contributed by atoms with E-state index in [2.05, 4.69) is 18.7 Å². The van der Waals surface area contributed by atoms with E-state index in [9.17, 15) is 9.59 Å². The van der Waals surface area contributed by atoms with Gasteiger partial charge in [0.25, 0.3) is 5.91 Å². The summed E-state index contributed by atoms with van der Waals surface area (Å²) >= 11 is 0. The van der Waals surface area contributed by atoms with Crippen LogP contribution >= 0.6 is 0 Å². The number of hydrogen-bond acceptors (Lipinski definition) is 4. The van der Waals surface area contributed by atoms with Crippen molar-refractivity contribution in [1.29, 1.82) is 0 Å². The molecule has 0 aliphatic rings. The van der Waals surface area contributed by atoms with Crippen LogP contribution in [0.5, 0.6) is 0 Å². The van der Waals surface area contributed by atoms with Gasteiger partial charge in [-0.1, -0.05) is 36.9 Å². The number of nitrogens with one attached hydrogen (secondary N) is 1. The molecule has 0 saturated carbocycles. The molecule has 1 N–H and O–H groups in total. The van der Waals surface area contributed by atoms with Crippen LogP contribution in [0.3, 0.4) is 0 Å². The Morgan fingerprint density at radius 1 is 1.17 bits per heavy atom. The summed E-state index contributed by atoms with van der Waals surface area (Å²) in [6.07, 6.45) is 2.47. The van der Waals surface area contributed by atoms with E-state index in [4.69, 9.17) is 9.15 Å². The zero-order valence-corrected chi connectivity index (χ0v) is 17.4. The fraction of sp³-hybridized carbons (Fsp3) is 0.391. The number of aryl methyl sites for hydroxylation is 1. The number of esters is 1. The summed E-state index contributed by atoms with van der Waals surface area (Å²) in [5.74, 6) is 1.22. The van der Waals surface area contributed by atoms with Gasteiger partial charge in [-0.05, 0) is 44.0 Å². The minimum Gasteiger partial charge on any atom is -0.464 e. The van der Waals surface area contributed by atoms with Gasteiger partial charge in [0.2, 0.25) is 0 Å². The molecule has 1 aromatic heterocycles. The van der Waals surface area contributed by atoms with E-state index < -0.39 is 0 Å². The lowest BCUT2D eigenvalue weighted by molar-refractivity contribution is -0.878. The summed E-state index contributed by atoms with van der Waals surface area (Å²) in [6.45, 7) is 9.54. The third-order valence-corrected chi connectivity index (χ3v) is 4.54. The van der Waals surface area contributed by atoms with Crippen LogP contribution in [0.1, 0.15) is 24.0 Å². The highest BCUT2D eigenvalue weighted by Crippen LogP contribution is 2.11. The van der Waals surface area contributed by atoms with Crippen LogP contribution in [-0.4, -0.2) is 49.6 Å². The van der Waals surface area contributed by atoms with Crippen LogP contribution in [0.4, 0.5) is 0 Å². The SMILES string of the molecule is C=CC[NH+](CC(=O)OCC)CC(=O)N(CCc1ccccc1)Cc1ccc(C)o1. The lowest BCUT2D eigenvalue weighted by Gasteiger charge is -2.24. The van der Waals surface area contributed by atoms with Crippen LogP contribution in [0, 0.1) is 6.92 Å². The molecule has 0 radical (unpaired) electrons. The summed E-state index contributed by atoms with van der Waals surface area (Å²) in [5, 5.41) is 0. The number of nitrogens with zero attached hydrogens (tertiary/aromatic N) is 1. The quantitative estimate of drug-likeness (QED) is 0.437. The molecule has 29 heavy (non-hydrogen) atoms. The first-order chi connectivity index (χ1) is 14.0. The van der Waals surface area contributed by atoms with Gasteiger partial charge in [0, 0.05) is 6.54 Å². The molecule has 6 nitrogen and oxygen atoms in total. The predicted octanol–water partition coefficient (Wildman–Crippen LogP) is 1.79. The van der Waals surface area contributed by atoms with E-state index in [-0.39, 0.29) is 25.0 Å². The molecule has 1 aromatic carbocycles. The average molecular weight is 400 g/mol. The molecule has 0 saturated heterocycles. The van der Waals surface area contributed by atoms with Gasteiger partial charge in [-0.25, -0.2) is 4.79 Å². The van der Waals surface area contributed by atoms with Gasteiger partial charge in [0.05, 0.1) is 19.7 Å². The van der Waals surface area contributed by atoms with E-state index in [1.54, 1.807) is 17.9 Å². The van der Waals surface area contributed by atoms with Crippen LogP contribution < -0.4 is 4.90 Å². The second-order valence-electron chi connectivity index (χ2n) is 6.96. The molecule has 0 aliphatic carbocycles. The van der Waals surface area contributed by atoms with Gasteiger partial charge in [0.15, 0.2) is 13.1 Å². The molecule has 2 aromatic rings. The molecule has 156 valence electrons. The van der Waals surface area contributed by atoms with Crippen molar-refractivity contribution in [2.75, 3.05) is 32.8 Å².